The maximum absolute atomic E-state index is 13.1. The highest BCUT2D eigenvalue weighted by Gasteiger charge is 2.60. The number of carbonyl (C=O) groups is 1. The Hall–Kier alpha value is -1.01. The highest BCUT2D eigenvalue weighted by molar-refractivity contribution is 6.02. The standard InChI is InChI=1S/C20H30O5/c1-10-7-14-13(19(14,3)4)6-5-12(9-21)17(23)15-16(22)11(2)8-20(15,25)18(10)24/h5,7,11,13-17,21-23,25H,6,8-9H2,1-4H3/b10-7+,12-5+/t11-,13-,14+,15+,16-,17-,20+/m0/s1. The van der Waals surface area contributed by atoms with Crippen molar-refractivity contribution >= 4 is 5.78 Å². The molecule has 3 aliphatic carbocycles. The molecule has 25 heavy (non-hydrogen) atoms. The Labute approximate surface area is 149 Å². The van der Waals surface area contributed by atoms with E-state index in [9.17, 15) is 25.2 Å². The average Bonchev–Trinajstić information content (AvgIpc) is 2.94. The predicted molar refractivity (Wildman–Crippen MR) is 93.5 cm³/mol. The lowest BCUT2D eigenvalue weighted by atomic mass is 9.77. The van der Waals surface area contributed by atoms with Gasteiger partial charge < -0.3 is 20.4 Å². The number of ketones is 1. The summed E-state index contributed by atoms with van der Waals surface area (Å²) in [5.74, 6) is -1.19. The molecule has 2 saturated carbocycles. The summed E-state index contributed by atoms with van der Waals surface area (Å²) in [5, 5.41) is 42.3. The number of allylic oxidation sites excluding steroid dienone is 2. The van der Waals surface area contributed by atoms with Crippen LogP contribution in [0.4, 0.5) is 0 Å². The molecule has 140 valence electrons. The van der Waals surface area contributed by atoms with Crippen molar-refractivity contribution in [1.82, 2.24) is 0 Å². The number of carbonyl (C=O) groups excluding carboxylic acids is 1. The van der Waals surface area contributed by atoms with E-state index < -0.39 is 29.5 Å². The number of aliphatic hydroxyl groups is 4. The molecule has 0 aromatic carbocycles. The van der Waals surface area contributed by atoms with Gasteiger partial charge in [0.2, 0.25) is 0 Å². The van der Waals surface area contributed by atoms with Crippen LogP contribution in [-0.2, 0) is 4.79 Å². The smallest absolute Gasteiger partial charge is 0.190 e. The maximum Gasteiger partial charge on any atom is 0.190 e. The molecule has 2 fully saturated rings. The number of rotatable bonds is 1. The third kappa shape index (κ3) is 2.72. The van der Waals surface area contributed by atoms with Gasteiger partial charge in [-0.2, -0.15) is 0 Å². The minimum absolute atomic E-state index is 0.0489. The summed E-state index contributed by atoms with van der Waals surface area (Å²) in [6.07, 6.45) is 2.33. The Kier molecular flexibility index (Phi) is 4.52. The van der Waals surface area contributed by atoms with Crippen molar-refractivity contribution in [3.63, 3.8) is 0 Å². The van der Waals surface area contributed by atoms with Gasteiger partial charge in [-0.15, -0.1) is 0 Å². The second kappa shape index (κ2) is 6.02. The number of Topliss-reactive ketones (excluding diaryl/α,β-unsaturated/α-hetero) is 1. The third-order valence-electron chi connectivity index (χ3n) is 6.99. The molecule has 0 bridgehead atoms. The van der Waals surface area contributed by atoms with Crippen LogP contribution in [0.25, 0.3) is 0 Å². The summed E-state index contributed by atoms with van der Waals surface area (Å²) in [6.45, 7) is 7.41. The van der Waals surface area contributed by atoms with Crippen LogP contribution < -0.4 is 0 Å². The number of hydrogen-bond donors (Lipinski definition) is 4. The Morgan fingerprint density at radius 1 is 1.28 bits per heavy atom. The zero-order valence-electron chi connectivity index (χ0n) is 15.4. The number of aliphatic hydroxyl groups excluding tert-OH is 3. The van der Waals surface area contributed by atoms with Crippen molar-refractivity contribution in [1.29, 1.82) is 0 Å². The van der Waals surface area contributed by atoms with Crippen LogP contribution >= 0.6 is 0 Å². The molecule has 0 radical (unpaired) electrons. The van der Waals surface area contributed by atoms with Gasteiger partial charge in [-0.05, 0) is 54.1 Å². The average molecular weight is 350 g/mol. The van der Waals surface area contributed by atoms with Crippen molar-refractivity contribution in [3.05, 3.63) is 23.3 Å². The third-order valence-corrected chi connectivity index (χ3v) is 6.99. The molecule has 7 atom stereocenters. The number of fused-ring (bicyclic) bond motifs is 2. The fourth-order valence-corrected chi connectivity index (χ4v) is 5.12. The van der Waals surface area contributed by atoms with Gasteiger partial charge >= 0.3 is 0 Å². The second-order valence-electron chi connectivity index (χ2n) is 8.87. The fourth-order valence-electron chi connectivity index (χ4n) is 5.12. The summed E-state index contributed by atoms with van der Waals surface area (Å²) in [6, 6.07) is 0. The van der Waals surface area contributed by atoms with Gasteiger partial charge in [-0.1, -0.05) is 32.9 Å². The van der Waals surface area contributed by atoms with Crippen LogP contribution in [0.3, 0.4) is 0 Å². The molecule has 0 aliphatic heterocycles. The van der Waals surface area contributed by atoms with Crippen LogP contribution in [0.2, 0.25) is 0 Å². The second-order valence-corrected chi connectivity index (χ2v) is 8.87. The zero-order chi connectivity index (χ0) is 18.7. The van der Waals surface area contributed by atoms with Crippen LogP contribution in [0.1, 0.15) is 40.5 Å². The minimum Gasteiger partial charge on any atom is -0.392 e. The van der Waals surface area contributed by atoms with E-state index in [1.165, 1.54) is 0 Å². The number of hydrogen-bond acceptors (Lipinski definition) is 5. The summed E-state index contributed by atoms with van der Waals surface area (Å²) in [4.78, 5) is 13.1. The minimum atomic E-state index is -1.81. The van der Waals surface area contributed by atoms with Gasteiger partial charge in [0.1, 0.15) is 5.60 Å². The van der Waals surface area contributed by atoms with E-state index in [0.29, 0.717) is 23.5 Å². The van der Waals surface area contributed by atoms with E-state index in [1.54, 1.807) is 13.8 Å². The molecule has 5 heteroatoms. The SMILES string of the molecule is C/C1=C\[C@@H]2[C@H](C/C=C(\CO)[C@H](O)[C@H]3[C@@H](O)[C@@H](C)C[C@]3(O)C1=O)C2(C)C. The van der Waals surface area contributed by atoms with E-state index in [-0.39, 0.29) is 30.3 Å². The van der Waals surface area contributed by atoms with E-state index in [1.807, 2.05) is 12.2 Å². The first-order chi connectivity index (χ1) is 11.6. The molecule has 5 nitrogen and oxygen atoms in total. The van der Waals surface area contributed by atoms with E-state index in [4.69, 9.17) is 0 Å². The van der Waals surface area contributed by atoms with Crippen LogP contribution in [-0.4, -0.2) is 50.6 Å². The predicted octanol–water partition coefficient (Wildman–Crippen LogP) is 1.21. The van der Waals surface area contributed by atoms with Crippen molar-refractivity contribution in [2.45, 2.75) is 58.3 Å². The van der Waals surface area contributed by atoms with Crippen LogP contribution in [0.5, 0.6) is 0 Å². The van der Waals surface area contributed by atoms with E-state index >= 15 is 0 Å². The highest BCUT2D eigenvalue weighted by Crippen LogP contribution is 2.61. The fraction of sp³-hybridized carbons (Fsp3) is 0.750. The van der Waals surface area contributed by atoms with Gasteiger partial charge in [-0.25, -0.2) is 0 Å². The maximum atomic E-state index is 13.1. The van der Waals surface area contributed by atoms with Gasteiger partial charge in [-0.3, -0.25) is 4.79 Å². The molecular weight excluding hydrogens is 320 g/mol. The van der Waals surface area contributed by atoms with Gasteiger partial charge in [0.15, 0.2) is 5.78 Å². The lowest BCUT2D eigenvalue weighted by Gasteiger charge is -2.34. The molecule has 0 heterocycles. The normalized spacial score (nSPS) is 50.6. The zero-order valence-corrected chi connectivity index (χ0v) is 15.4. The van der Waals surface area contributed by atoms with Crippen LogP contribution in [0.15, 0.2) is 23.3 Å². The lowest BCUT2D eigenvalue weighted by Crippen LogP contribution is -2.51. The van der Waals surface area contributed by atoms with Crippen molar-refractivity contribution in [2.24, 2.45) is 29.1 Å². The first kappa shape index (κ1) is 18.8. The Balaban J connectivity index is 2.10. The molecule has 0 saturated heterocycles. The van der Waals surface area contributed by atoms with Crippen molar-refractivity contribution < 1.29 is 25.2 Å². The van der Waals surface area contributed by atoms with Gasteiger partial charge in [0, 0.05) is 0 Å². The topological polar surface area (TPSA) is 98.0 Å². The van der Waals surface area contributed by atoms with Gasteiger partial charge in [0.25, 0.3) is 0 Å². The van der Waals surface area contributed by atoms with E-state index in [0.717, 1.165) is 0 Å². The van der Waals surface area contributed by atoms with Gasteiger partial charge in [0.05, 0.1) is 24.7 Å². The van der Waals surface area contributed by atoms with Crippen molar-refractivity contribution in [2.75, 3.05) is 6.61 Å². The van der Waals surface area contributed by atoms with Crippen LogP contribution in [0, 0.1) is 29.1 Å². The molecule has 0 spiro atoms. The first-order valence-electron chi connectivity index (χ1n) is 9.17. The quantitative estimate of drug-likeness (QED) is 0.533. The Bertz CT molecular complexity index is 634. The lowest BCUT2D eigenvalue weighted by molar-refractivity contribution is -0.144. The molecule has 0 unspecified atom stereocenters. The molecule has 0 aromatic heterocycles. The summed E-state index contributed by atoms with van der Waals surface area (Å²) in [5.41, 5.74) is -0.890. The molecule has 3 rings (SSSR count). The molecular formula is C20H30O5. The van der Waals surface area contributed by atoms with E-state index in [2.05, 4.69) is 13.8 Å². The summed E-state index contributed by atoms with van der Waals surface area (Å²) in [7, 11) is 0. The summed E-state index contributed by atoms with van der Waals surface area (Å²) >= 11 is 0. The summed E-state index contributed by atoms with van der Waals surface area (Å²) < 4.78 is 0. The Morgan fingerprint density at radius 2 is 1.92 bits per heavy atom. The molecule has 3 aliphatic rings. The highest BCUT2D eigenvalue weighted by atomic mass is 16.3. The monoisotopic (exact) mass is 350 g/mol. The molecule has 4 N–H and O–H groups in total. The first-order valence-corrected chi connectivity index (χ1v) is 9.17. The largest absolute Gasteiger partial charge is 0.392 e. The van der Waals surface area contributed by atoms with Crippen molar-refractivity contribution in [3.8, 4) is 0 Å². The Morgan fingerprint density at radius 3 is 2.52 bits per heavy atom. The molecule has 0 amide bonds. The molecule has 0 aromatic rings.